The third-order valence-corrected chi connectivity index (χ3v) is 3.72. The van der Waals surface area contributed by atoms with Gasteiger partial charge in [0, 0.05) is 29.5 Å². The van der Waals surface area contributed by atoms with E-state index in [0.29, 0.717) is 33.7 Å². The fourth-order valence-corrected chi connectivity index (χ4v) is 2.72. The number of benzene rings is 1. The van der Waals surface area contributed by atoms with E-state index in [4.69, 9.17) is 33.7 Å². The lowest BCUT2D eigenvalue weighted by Crippen LogP contribution is -2.22. The maximum atomic E-state index is 9.54. The average molecular weight is 330 g/mol. The van der Waals surface area contributed by atoms with Gasteiger partial charge >= 0.3 is 0 Å². The molecule has 0 spiro atoms. The summed E-state index contributed by atoms with van der Waals surface area (Å²) in [4.78, 5) is 4.26. The Hall–Kier alpha value is -1.27. The van der Waals surface area contributed by atoms with Crippen LogP contribution in [0.4, 0.5) is 0 Å². The number of aliphatic hydroxyl groups excluding tert-OH is 1. The van der Waals surface area contributed by atoms with Gasteiger partial charge in [0.1, 0.15) is 11.6 Å². The van der Waals surface area contributed by atoms with Gasteiger partial charge in [0.25, 0.3) is 0 Å². The Labute approximate surface area is 133 Å². The predicted molar refractivity (Wildman–Crippen MR) is 83.0 cm³/mol. The first kappa shape index (κ1) is 16.1. The third-order valence-electron chi connectivity index (χ3n) is 3.10. The Morgan fingerprint density at radius 2 is 2.05 bits per heavy atom. The Bertz CT molecular complexity index is 629. The van der Waals surface area contributed by atoms with E-state index in [1.54, 1.807) is 36.0 Å². The van der Waals surface area contributed by atoms with E-state index in [1.807, 2.05) is 0 Å². The number of aromatic nitrogens is 2. The van der Waals surface area contributed by atoms with Gasteiger partial charge in [0.05, 0.1) is 24.3 Å². The molecule has 2 aromatic rings. The standard InChI is InChI=1S/C14H17Cl2N3O2/c1-8(20)7-19-6-5-18-14(19)12(17)11-9(15)3-4-10(16)13(11)21-2/h3-6,8,12,20H,7,17H2,1-2H3. The first-order chi connectivity index (χ1) is 9.95. The summed E-state index contributed by atoms with van der Waals surface area (Å²) in [6.45, 7) is 2.09. The molecule has 0 aliphatic heterocycles. The maximum Gasteiger partial charge on any atom is 0.144 e. The number of hydrogen-bond acceptors (Lipinski definition) is 4. The lowest BCUT2D eigenvalue weighted by molar-refractivity contribution is 0.172. The SMILES string of the molecule is COc1c(Cl)ccc(Cl)c1C(N)c1nccn1CC(C)O. The van der Waals surface area contributed by atoms with Crippen LogP contribution < -0.4 is 10.5 Å². The van der Waals surface area contributed by atoms with Gasteiger partial charge in [-0.25, -0.2) is 4.98 Å². The molecule has 2 atom stereocenters. The fraction of sp³-hybridized carbons (Fsp3) is 0.357. The molecule has 0 saturated heterocycles. The lowest BCUT2D eigenvalue weighted by atomic mass is 10.1. The van der Waals surface area contributed by atoms with Crippen LogP contribution in [0.25, 0.3) is 0 Å². The fourth-order valence-electron chi connectivity index (χ4n) is 2.21. The number of methoxy groups -OCH3 is 1. The van der Waals surface area contributed by atoms with Crippen LogP contribution in [0.2, 0.25) is 10.0 Å². The number of nitrogens with two attached hydrogens (primary N) is 1. The highest BCUT2D eigenvalue weighted by atomic mass is 35.5. The molecule has 2 unspecified atom stereocenters. The summed E-state index contributed by atoms with van der Waals surface area (Å²) in [5.74, 6) is 1.02. The van der Waals surface area contributed by atoms with Crippen molar-refractivity contribution in [2.45, 2.75) is 25.6 Å². The van der Waals surface area contributed by atoms with Gasteiger partial charge in [-0.05, 0) is 19.1 Å². The molecular weight excluding hydrogens is 313 g/mol. The van der Waals surface area contributed by atoms with Crippen LogP contribution >= 0.6 is 23.2 Å². The molecule has 1 aromatic heterocycles. The Morgan fingerprint density at radius 3 is 2.67 bits per heavy atom. The van der Waals surface area contributed by atoms with Crippen LogP contribution in [0.3, 0.4) is 0 Å². The molecule has 2 rings (SSSR count). The zero-order valence-corrected chi connectivity index (χ0v) is 13.3. The van der Waals surface area contributed by atoms with E-state index >= 15 is 0 Å². The third kappa shape index (κ3) is 3.32. The minimum absolute atomic E-state index is 0.392. The van der Waals surface area contributed by atoms with E-state index in [1.165, 1.54) is 7.11 Å². The van der Waals surface area contributed by atoms with Gasteiger partial charge in [-0.3, -0.25) is 0 Å². The molecule has 1 heterocycles. The van der Waals surface area contributed by atoms with Crippen LogP contribution in [0.1, 0.15) is 24.4 Å². The molecule has 0 radical (unpaired) electrons. The molecule has 0 amide bonds. The molecule has 0 bridgehead atoms. The molecule has 114 valence electrons. The monoisotopic (exact) mass is 329 g/mol. The Kier molecular flexibility index (Phi) is 5.11. The molecule has 7 heteroatoms. The zero-order valence-electron chi connectivity index (χ0n) is 11.8. The molecule has 1 aromatic carbocycles. The van der Waals surface area contributed by atoms with Crippen molar-refractivity contribution in [3.8, 4) is 5.75 Å². The van der Waals surface area contributed by atoms with E-state index < -0.39 is 12.1 Å². The molecule has 0 saturated carbocycles. The first-order valence-electron chi connectivity index (χ1n) is 6.42. The Morgan fingerprint density at radius 1 is 1.38 bits per heavy atom. The minimum Gasteiger partial charge on any atom is -0.495 e. The summed E-state index contributed by atoms with van der Waals surface area (Å²) in [6, 6.07) is 2.71. The molecule has 21 heavy (non-hydrogen) atoms. The summed E-state index contributed by atoms with van der Waals surface area (Å²) in [6.07, 6.45) is 2.87. The summed E-state index contributed by atoms with van der Waals surface area (Å²) in [7, 11) is 1.51. The summed E-state index contributed by atoms with van der Waals surface area (Å²) < 4.78 is 7.10. The number of rotatable bonds is 5. The van der Waals surface area contributed by atoms with E-state index in [-0.39, 0.29) is 0 Å². The summed E-state index contributed by atoms with van der Waals surface area (Å²) >= 11 is 12.4. The highest BCUT2D eigenvalue weighted by Crippen LogP contribution is 2.38. The number of ether oxygens (including phenoxy) is 1. The van der Waals surface area contributed by atoms with Gasteiger partial charge in [-0.1, -0.05) is 23.2 Å². The van der Waals surface area contributed by atoms with Crippen LogP contribution in [0.5, 0.6) is 5.75 Å². The van der Waals surface area contributed by atoms with Crippen LogP contribution in [-0.4, -0.2) is 27.9 Å². The maximum absolute atomic E-state index is 9.54. The average Bonchev–Trinajstić information content (AvgIpc) is 2.87. The second kappa shape index (κ2) is 6.66. The number of halogens is 2. The van der Waals surface area contributed by atoms with Gasteiger partial charge in [0.15, 0.2) is 0 Å². The van der Waals surface area contributed by atoms with Crippen molar-refractivity contribution >= 4 is 23.2 Å². The van der Waals surface area contributed by atoms with E-state index in [9.17, 15) is 5.11 Å². The molecule has 0 aliphatic carbocycles. The molecular formula is C14H17Cl2N3O2. The van der Waals surface area contributed by atoms with Crippen LogP contribution in [0, 0.1) is 0 Å². The molecule has 5 nitrogen and oxygen atoms in total. The largest absolute Gasteiger partial charge is 0.495 e. The van der Waals surface area contributed by atoms with Gasteiger partial charge in [-0.2, -0.15) is 0 Å². The lowest BCUT2D eigenvalue weighted by Gasteiger charge is -2.19. The van der Waals surface area contributed by atoms with Gasteiger partial charge in [0.2, 0.25) is 0 Å². The number of aliphatic hydroxyl groups is 1. The highest BCUT2D eigenvalue weighted by Gasteiger charge is 2.23. The van der Waals surface area contributed by atoms with Crippen LogP contribution in [0.15, 0.2) is 24.5 Å². The minimum atomic E-state index is -0.611. The Balaban J connectivity index is 2.48. The number of imidazole rings is 1. The van der Waals surface area contributed by atoms with Gasteiger partial charge in [-0.15, -0.1) is 0 Å². The van der Waals surface area contributed by atoms with Crippen molar-refractivity contribution in [3.63, 3.8) is 0 Å². The smallest absolute Gasteiger partial charge is 0.144 e. The molecule has 3 N–H and O–H groups in total. The zero-order chi connectivity index (χ0) is 15.6. The van der Waals surface area contributed by atoms with Crippen molar-refractivity contribution in [1.29, 1.82) is 0 Å². The van der Waals surface area contributed by atoms with Gasteiger partial charge < -0.3 is 20.1 Å². The molecule has 0 fully saturated rings. The van der Waals surface area contributed by atoms with Crippen molar-refractivity contribution in [3.05, 3.63) is 46.0 Å². The molecule has 0 aliphatic rings. The van der Waals surface area contributed by atoms with E-state index in [0.717, 1.165) is 0 Å². The van der Waals surface area contributed by atoms with Crippen molar-refractivity contribution < 1.29 is 9.84 Å². The second-order valence-electron chi connectivity index (χ2n) is 4.74. The summed E-state index contributed by atoms with van der Waals surface area (Å²) in [5, 5.41) is 10.4. The van der Waals surface area contributed by atoms with Crippen LogP contribution in [-0.2, 0) is 6.54 Å². The summed E-state index contributed by atoms with van der Waals surface area (Å²) in [5.41, 5.74) is 6.87. The normalized spacial score (nSPS) is 14.0. The van der Waals surface area contributed by atoms with E-state index in [2.05, 4.69) is 4.98 Å². The van der Waals surface area contributed by atoms with Crippen molar-refractivity contribution in [2.24, 2.45) is 5.73 Å². The second-order valence-corrected chi connectivity index (χ2v) is 5.56. The quantitative estimate of drug-likeness (QED) is 0.884. The number of hydrogen-bond donors (Lipinski definition) is 2. The first-order valence-corrected chi connectivity index (χ1v) is 7.17. The topological polar surface area (TPSA) is 73.3 Å². The number of nitrogens with zero attached hydrogens (tertiary/aromatic N) is 2. The van der Waals surface area contributed by atoms with Crippen molar-refractivity contribution in [1.82, 2.24) is 9.55 Å². The van der Waals surface area contributed by atoms with Crippen molar-refractivity contribution in [2.75, 3.05) is 7.11 Å². The predicted octanol–water partition coefficient (Wildman–Crippen LogP) is 2.63. The highest BCUT2D eigenvalue weighted by molar-refractivity contribution is 6.35.